The number of aliphatic carboxylic acids is 1. The number of carbonyl (C=O) groups is 2. The molecule has 0 saturated heterocycles. The van der Waals surface area contributed by atoms with Crippen LogP contribution in [0.25, 0.3) is 0 Å². The fraction of sp³-hybridized carbons (Fsp3) is 0.444. The Kier molecular flexibility index (Phi) is 6.38. The first-order chi connectivity index (χ1) is 12.7. The van der Waals surface area contributed by atoms with E-state index in [4.69, 9.17) is 9.47 Å². The number of nitrogens with one attached hydrogen (secondary N) is 1. The molecule has 0 radical (unpaired) electrons. The molecule has 146 valence electrons. The van der Waals surface area contributed by atoms with Crippen LogP contribution in [-0.4, -0.2) is 50.9 Å². The molecule has 0 aliphatic rings. The van der Waals surface area contributed by atoms with Gasteiger partial charge in [-0.3, -0.25) is 0 Å². The lowest BCUT2D eigenvalue weighted by Crippen LogP contribution is -2.44. The summed E-state index contributed by atoms with van der Waals surface area (Å²) in [5, 5.41) is 19.7. The molecular formula is C18H24N4O5. The molecule has 0 unspecified atom stereocenters. The summed E-state index contributed by atoms with van der Waals surface area (Å²) < 4.78 is 11.8. The smallest absolute Gasteiger partial charge is 0.408 e. The first kappa shape index (κ1) is 20.2. The molecule has 1 heterocycles. The molecule has 2 rings (SSSR count). The van der Waals surface area contributed by atoms with Crippen LogP contribution >= 0.6 is 0 Å². The van der Waals surface area contributed by atoms with Gasteiger partial charge in [-0.25, -0.2) is 14.3 Å². The van der Waals surface area contributed by atoms with E-state index in [9.17, 15) is 14.7 Å². The number of alkyl carbamates (subject to hydrolysis) is 1. The van der Waals surface area contributed by atoms with Crippen molar-refractivity contribution in [3.05, 3.63) is 41.7 Å². The summed E-state index contributed by atoms with van der Waals surface area (Å²) in [6, 6.07) is 6.34. The minimum Gasteiger partial charge on any atom is -0.497 e. The molecule has 0 fully saturated rings. The molecule has 1 aromatic heterocycles. The van der Waals surface area contributed by atoms with Crippen LogP contribution in [0.15, 0.2) is 30.5 Å². The number of hydrogen-bond donors (Lipinski definition) is 2. The Labute approximate surface area is 157 Å². The van der Waals surface area contributed by atoms with Crippen LogP contribution in [0.1, 0.15) is 32.0 Å². The van der Waals surface area contributed by atoms with E-state index in [1.54, 1.807) is 38.8 Å². The summed E-state index contributed by atoms with van der Waals surface area (Å²) in [7, 11) is 1.60. The van der Waals surface area contributed by atoms with E-state index >= 15 is 0 Å². The number of nitrogens with zero attached hydrogens (tertiary/aromatic N) is 3. The molecule has 0 spiro atoms. The van der Waals surface area contributed by atoms with Crippen molar-refractivity contribution >= 4 is 12.1 Å². The van der Waals surface area contributed by atoms with Crippen LogP contribution in [0.5, 0.6) is 5.75 Å². The highest BCUT2D eigenvalue weighted by molar-refractivity contribution is 5.80. The van der Waals surface area contributed by atoms with E-state index < -0.39 is 23.7 Å². The molecule has 1 aromatic carbocycles. The van der Waals surface area contributed by atoms with Gasteiger partial charge in [-0.05, 0) is 38.5 Å². The lowest BCUT2D eigenvalue weighted by Gasteiger charge is -2.21. The van der Waals surface area contributed by atoms with Gasteiger partial charge in [0.2, 0.25) is 0 Å². The summed E-state index contributed by atoms with van der Waals surface area (Å²) in [5.41, 5.74) is 0.732. The highest BCUT2D eigenvalue weighted by Gasteiger charge is 2.25. The lowest BCUT2D eigenvalue weighted by atomic mass is 10.1. The monoisotopic (exact) mass is 376 g/mol. The molecule has 2 aromatic rings. The van der Waals surface area contributed by atoms with Gasteiger partial charge in [0.15, 0.2) is 0 Å². The number of carboxylic acids is 1. The zero-order valence-electron chi connectivity index (χ0n) is 15.8. The highest BCUT2D eigenvalue weighted by atomic mass is 16.6. The number of carbonyl (C=O) groups excluding carboxylic acids is 1. The predicted molar refractivity (Wildman–Crippen MR) is 96.6 cm³/mol. The minimum absolute atomic E-state index is 0.00279. The number of benzene rings is 1. The van der Waals surface area contributed by atoms with E-state index in [-0.39, 0.29) is 6.42 Å². The molecule has 0 aliphatic heterocycles. The van der Waals surface area contributed by atoms with Crippen LogP contribution in [-0.2, 0) is 22.5 Å². The summed E-state index contributed by atoms with van der Waals surface area (Å²) in [5.74, 6) is -0.416. The zero-order chi connectivity index (χ0) is 20.0. The highest BCUT2D eigenvalue weighted by Crippen LogP contribution is 2.12. The standard InChI is InChI=1S/C18H24N4O5/c1-18(2,3)27-17(25)19-15(16(23)24)9-13-11-22(21-20-13)10-12-5-7-14(26-4)8-6-12/h5-8,11,15H,9-10H2,1-4H3,(H,19,25)(H,23,24)/t15-/m0/s1. The van der Waals surface area contributed by atoms with Crippen molar-refractivity contribution in [2.75, 3.05) is 7.11 Å². The zero-order valence-corrected chi connectivity index (χ0v) is 15.8. The maximum atomic E-state index is 11.8. The Morgan fingerprint density at radius 1 is 1.26 bits per heavy atom. The SMILES string of the molecule is COc1ccc(Cn2cc(C[C@H](NC(=O)OC(C)(C)C)C(=O)O)nn2)cc1. The molecule has 9 heteroatoms. The Hall–Kier alpha value is -3.10. The summed E-state index contributed by atoms with van der Waals surface area (Å²) in [4.78, 5) is 23.2. The van der Waals surface area contributed by atoms with Crippen molar-refractivity contribution in [2.24, 2.45) is 0 Å². The molecule has 0 saturated carbocycles. The maximum Gasteiger partial charge on any atom is 0.408 e. The second kappa shape index (κ2) is 8.52. The number of aromatic nitrogens is 3. The van der Waals surface area contributed by atoms with Crippen LogP contribution in [0.2, 0.25) is 0 Å². The van der Waals surface area contributed by atoms with Gasteiger partial charge in [0, 0.05) is 12.6 Å². The Bertz CT molecular complexity index is 780. The fourth-order valence-electron chi connectivity index (χ4n) is 2.29. The van der Waals surface area contributed by atoms with Gasteiger partial charge in [-0.2, -0.15) is 0 Å². The van der Waals surface area contributed by atoms with Crippen molar-refractivity contribution in [1.82, 2.24) is 20.3 Å². The van der Waals surface area contributed by atoms with E-state index in [1.165, 1.54) is 0 Å². The van der Waals surface area contributed by atoms with Gasteiger partial charge in [-0.15, -0.1) is 5.10 Å². The number of hydrogen-bond acceptors (Lipinski definition) is 6. The number of methoxy groups -OCH3 is 1. The van der Waals surface area contributed by atoms with E-state index in [1.807, 2.05) is 24.3 Å². The average Bonchev–Trinajstić information content (AvgIpc) is 3.00. The Balaban J connectivity index is 1.98. The van der Waals surface area contributed by atoms with Crippen LogP contribution in [0.3, 0.4) is 0 Å². The van der Waals surface area contributed by atoms with Crippen molar-refractivity contribution in [3.63, 3.8) is 0 Å². The van der Waals surface area contributed by atoms with Gasteiger partial charge in [0.25, 0.3) is 0 Å². The van der Waals surface area contributed by atoms with E-state index in [0.717, 1.165) is 11.3 Å². The summed E-state index contributed by atoms with van der Waals surface area (Å²) in [6.07, 6.45) is 0.856. The van der Waals surface area contributed by atoms with Gasteiger partial charge in [0.1, 0.15) is 17.4 Å². The molecule has 0 aliphatic carbocycles. The quantitative estimate of drug-likeness (QED) is 0.757. The van der Waals surface area contributed by atoms with Crippen LogP contribution in [0.4, 0.5) is 4.79 Å². The van der Waals surface area contributed by atoms with Gasteiger partial charge in [-0.1, -0.05) is 17.3 Å². The molecule has 2 N–H and O–H groups in total. The summed E-state index contributed by atoms with van der Waals surface area (Å²) >= 11 is 0. The Morgan fingerprint density at radius 2 is 1.93 bits per heavy atom. The van der Waals surface area contributed by atoms with Crippen molar-refractivity contribution in [1.29, 1.82) is 0 Å². The number of carboxylic acid groups (broad SMARTS) is 1. The molecule has 27 heavy (non-hydrogen) atoms. The van der Waals surface area contributed by atoms with Crippen LogP contribution in [0, 0.1) is 0 Å². The average molecular weight is 376 g/mol. The fourth-order valence-corrected chi connectivity index (χ4v) is 2.29. The first-order valence-corrected chi connectivity index (χ1v) is 8.40. The summed E-state index contributed by atoms with van der Waals surface area (Å²) in [6.45, 7) is 5.58. The molecule has 9 nitrogen and oxygen atoms in total. The molecule has 1 atom stereocenters. The predicted octanol–water partition coefficient (Wildman–Crippen LogP) is 1.86. The van der Waals surface area contributed by atoms with Crippen molar-refractivity contribution in [3.8, 4) is 5.75 Å². The molecule has 1 amide bonds. The van der Waals surface area contributed by atoms with Gasteiger partial charge >= 0.3 is 12.1 Å². The maximum absolute atomic E-state index is 11.8. The van der Waals surface area contributed by atoms with Gasteiger partial charge in [0.05, 0.1) is 19.3 Å². The first-order valence-electron chi connectivity index (χ1n) is 8.40. The second-order valence-corrected chi connectivity index (χ2v) is 7.00. The van der Waals surface area contributed by atoms with Crippen molar-refractivity contribution < 1.29 is 24.2 Å². The number of rotatable bonds is 7. The second-order valence-electron chi connectivity index (χ2n) is 7.00. The number of amides is 1. The third kappa shape index (κ3) is 6.61. The molecule has 0 bridgehead atoms. The van der Waals surface area contributed by atoms with Crippen molar-refractivity contribution in [2.45, 2.75) is 45.4 Å². The Morgan fingerprint density at radius 3 is 2.48 bits per heavy atom. The van der Waals surface area contributed by atoms with Gasteiger partial charge < -0.3 is 19.9 Å². The van der Waals surface area contributed by atoms with E-state index in [0.29, 0.717) is 12.2 Å². The van der Waals surface area contributed by atoms with E-state index in [2.05, 4.69) is 15.6 Å². The normalized spacial score (nSPS) is 12.3. The lowest BCUT2D eigenvalue weighted by molar-refractivity contribution is -0.139. The third-order valence-electron chi connectivity index (χ3n) is 3.49. The third-order valence-corrected chi connectivity index (χ3v) is 3.49. The minimum atomic E-state index is -1.18. The topological polar surface area (TPSA) is 116 Å². The molecular weight excluding hydrogens is 352 g/mol. The van der Waals surface area contributed by atoms with Crippen LogP contribution < -0.4 is 10.1 Å². The largest absolute Gasteiger partial charge is 0.497 e. The number of ether oxygens (including phenoxy) is 2.